The molecule has 0 saturated heterocycles. The predicted molar refractivity (Wildman–Crippen MR) is 268 cm³/mol. The second-order valence-electron chi connectivity index (χ2n) is 16.3. The van der Waals surface area contributed by atoms with Crippen molar-refractivity contribution in [1.29, 1.82) is 0 Å². The first-order valence-electron chi connectivity index (χ1n) is 21.8. The van der Waals surface area contributed by atoms with Crippen LogP contribution in [0.2, 0.25) is 0 Å². The molecule has 0 amide bonds. The minimum Gasteiger partial charge on any atom is -0.208 e. The van der Waals surface area contributed by atoms with Gasteiger partial charge in [0, 0.05) is 16.7 Å². The number of benzene rings is 11. The van der Waals surface area contributed by atoms with Crippen LogP contribution in [0.4, 0.5) is 0 Å². The van der Waals surface area contributed by atoms with Gasteiger partial charge in [-0.05, 0) is 106 Å². The number of rotatable bonds is 7. The van der Waals surface area contributed by atoms with Crippen molar-refractivity contribution in [1.82, 2.24) is 15.0 Å². The van der Waals surface area contributed by atoms with E-state index in [2.05, 4.69) is 224 Å². The lowest BCUT2D eigenvalue weighted by atomic mass is 9.89. The summed E-state index contributed by atoms with van der Waals surface area (Å²) in [5.41, 5.74) is 12.0. The van der Waals surface area contributed by atoms with Crippen LogP contribution < -0.4 is 0 Å². The average Bonchev–Trinajstić information content (AvgIpc) is 3.38. The molecule has 0 radical (unpaired) electrons. The van der Waals surface area contributed by atoms with Crippen LogP contribution in [0.3, 0.4) is 0 Å². The Hall–Kier alpha value is -8.53. The van der Waals surface area contributed by atoms with Crippen LogP contribution in [0.1, 0.15) is 0 Å². The van der Waals surface area contributed by atoms with Crippen LogP contribution in [-0.4, -0.2) is 15.0 Å². The molecule has 1 aromatic heterocycles. The van der Waals surface area contributed by atoms with Gasteiger partial charge in [-0.2, -0.15) is 0 Å². The molecule has 0 aliphatic heterocycles. The van der Waals surface area contributed by atoms with Gasteiger partial charge in [-0.3, -0.25) is 0 Å². The third-order valence-corrected chi connectivity index (χ3v) is 12.5. The van der Waals surface area contributed by atoms with Crippen molar-refractivity contribution in [3.63, 3.8) is 0 Å². The quantitative estimate of drug-likeness (QED) is 0.119. The van der Waals surface area contributed by atoms with E-state index in [0.717, 1.165) is 50.1 Å². The molecule has 12 rings (SSSR count). The molecule has 0 unspecified atom stereocenters. The van der Waals surface area contributed by atoms with Crippen molar-refractivity contribution >= 4 is 43.1 Å². The third-order valence-electron chi connectivity index (χ3n) is 12.5. The van der Waals surface area contributed by atoms with Gasteiger partial charge in [0.25, 0.3) is 0 Å². The van der Waals surface area contributed by atoms with Gasteiger partial charge in [-0.15, -0.1) is 0 Å². The molecule has 12 aromatic rings. The monoisotopic (exact) mass is 813 g/mol. The molecule has 298 valence electrons. The molecular formula is C61H39N3. The number of hydrogen-bond acceptors (Lipinski definition) is 3. The van der Waals surface area contributed by atoms with Gasteiger partial charge in [0.1, 0.15) is 0 Å². The van der Waals surface area contributed by atoms with Gasteiger partial charge < -0.3 is 0 Å². The summed E-state index contributed by atoms with van der Waals surface area (Å²) in [5.74, 6) is 1.88. The zero-order valence-electron chi connectivity index (χ0n) is 34.9. The predicted octanol–water partition coefficient (Wildman–Crippen LogP) is 16.2. The van der Waals surface area contributed by atoms with Crippen molar-refractivity contribution < 1.29 is 0 Å². The first kappa shape index (κ1) is 37.2. The van der Waals surface area contributed by atoms with E-state index in [1.54, 1.807) is 0 Å². The molecule has 0 spiro atoms. The summed E-state index contributed by atoms with van der Waals surface area (Å²) in [5, 5.41) is 10.0. The molecule has 0 N–H and O–H groups in total. The van der Waals surface area contributed by atoms with E-state index in [1.165, 1.54) is 54.2 Å². The van der Waals surface area contributed by atoms with Crippen molar-refractivity contribution in [2.45, 2.75) is 0 Å². The Bertz CT molecular complexity index is 3610. The first-order valence-corrected chi connectivity index (χ1v) is 21.8. The molecule has 0 bridgehead atoms. The Balaban J connectivity index is 0.933. The Kier molecular flexibility index (Phi) is 9.16. The van der Waals surface area contributed by atoms with E-state index in [1.807, 2.05) is 12.1 Å². The van der Waals surface area contributed by atoms with E-state index in [-0.39, 0.29) is 0 Å². The first-order chi connectivity index (χ1) is 31.7. The van der Waals surface area contributed by atoms with Crippen LogP contribution in [0.15, 0.2) is 237 Å². The molecule has 1 heterocycles. The molecule has 0 aliphatic rings. The lowest BCUT2D eigenvalue weighted by Crippen LogP contribution is -2.02. The highest BCUT2D eigenvalue weighted by atomic mass is 15.0. The average molecular weight is 814 g/mol. The normalized spacial score (nSPS) is 11.4. The van der Waals surface area contributed by atoms with Crippen molar-refractivity contribution in [3.8, 4) is 78.7 Å². The summed E-state index contributed by atoms with van der Waals surface area (Å²) in [7, 11) is 0. The van der Waals surface area contributed by atoms with Gasteiger partial charge in [0.15, 0.2) is 17.5 Å². The molecule has 3 heteroatoms. The van der Waals surface area contributed by atoms with Crippen molar-refractivity contribution in [3.05, 3.63) is 237 Å². The topological polar surface area (TPSA) is 38.7 Å². The molecular weight excluding hydrogens is 775 g/mol. The van der Waals surface area contributed by atoms with Crippen molar-refractivity contribution in [2.75, 3.05) is 0 Å². The molecule has 0 saturated carbocycles. The van der Waals surface area contributed by atoms with Crippen LogP contribution in [-0.2, 0) is 0 Å². The van der Waals surface area contributed by atoms with Crippen LogP contribution in [0.5, 0.6) is 0 Å². The third kappa shape index (κ3) is 6.68. The maximum atomic E-state index is 5.21. The number of aromatic nitrogens is 3. The highest BCUT2D eigenvalue weighted by Crippen LogP contribution is 2.41. The Labute approximate surface area is 371 Å². The second kappa shape index (κ2) is 15.7. The van der Waals surface area contributed by atoms with Gasteiger partial charge in [-0.1, -0.05) is 218 Å². The minimum absolute atomic E-state index is 0.622. The van der Waals surface area contributed by atoms with Crippen LogP contribution in [0.25, 0.3) is 122 Å². The fraction of sp³-hybridized carbons (Fsp3) is 0. The van der Waals surface area contributed by atoms with Gasteiger partial charge in [0.05, 0.1) is 0 Å². The zero-order valence-corrected chi connectivity index (χ0v) is 34.9. The standard InChI is InChI=1S/C61H39N3/c1-3-15-41(16-4-1)50-21-11-13-25-55(50)60-62-59(63-61(64-60)56-26-14-12-22-51(56)42-17-5-2-6-18-42)44-29-27-40(28-30-44)45-31-32-47-38-49(34-33-46(47)37-45)58-53-24-10-8-20-48(53)39-57-52-23-9-7-19-43(52)35-36-54(57)58/h1-39H. The fourth-order valence-corrected chi connectivity index (χ4v) is 9.36. The Morgan fingerprint density at radius 3 is 1.30 bits per heavy atom. The zero-order chi connectivity index (χ0) is 42.4. The Morgan fingerprint density at radius 2 is 0.656 bits per heavy atom. The summed E-state index contributed by atoms with van der Waals surface area (Å²) in [6.07, 6.45) is 0. The van der Waals surface area contributed by atoms with Gasteiger partial charge >= 0.3 is 0 Å². The Morgan fingerprint density at radius 1 is 0.203 bits per heavy atom. The van der Waals surface area contributed by atoms with E-state index in [0.29, 0.717) is 17.5 Å². The van der Waals surface area contributed by atoms with Crippen molar-refractivity contribution in [2.24, 2.45) is 0 Å². The summed E-state index contributed by atoms with van der Waals surface area (Å²) < 4.78 is 0. The summed E-state index contributed by atoms with van der Waals surface area (Å²) in [4.78, 5) is 15.6. The lowest BCUT2D eigenvalue weighted by molar-refractivity contribution is 1.07. The summed E-state index contributed by atoms with van der Waals surface area (Å²) in [6, 6.07) is 84.2. The molecule has 0 aliphatic carbocycles. The van der Waals surface area contributed by atoms with E-state index in [4.69, 9.17) is 15.0 Å². The number of fused-ring (bicyclic) bond motifs is 5. The van der Waals surface area contributed by atoms with E-state index < -0.39 is 0 Å². The number of nitrogens with zero attached hydrogens (tertiary/aromatic N) is 3. The van der Waals surface area contributed by atoms with Gasteiger partial charge in [0.2, 0.25) is 0 Å². The molecule has 0 atom stereocenters. The maximum Gasteiger partial charge on any atom is 0.164 e. The molecule has 11 aromatic carbocycles. The highest BCUT2D eigenvalue weighted by Gasteiger charge is 2.18. The second-order valence-corrected chi connectivity index (χ2v) is 16.3. The fourth-order valence-electron chi connectivity index (χ4n) is 9.36. The highest BCUT2D eigenvalue weighted by molar-refractivity contribution is 6.20. The largest absolute Gasteiger partial charge is 0.208 e. The number of hydrogen-bond donors (Lipinski definition) is 0. The minimum atomic E-state index is 0.622. The van der Waals surface area contributed by atoms with E-state index >= 15 is 0 Å². The summed E-state index contributed by atoms with van der Waals surface area (Å²) >= 11 is 0. The maximum absolute atomic E-state index is 5.21. The summed E-state index contributed by atoms with van der Waals surface area (Å²) in [6.45, 7) is 0. The lowest BCUT2D eigenvalue weighted by Gasteiger charge is -2.15. The van der Waals surface area contributed by atoms with Crippen LogP contribution in [0, 0.1) is 0 Å². The molecule has 3 nitrogen and oxygen atoms in total. The SMILES string of the molecule is c1ccc(-c2ccccc2-c2nc(-c3ccc(-c4ccc5cc(-c6c7ccccc7cc7c6ccc6ccccc67)ccc5c4)cc3)nc(-c3ccccc3-c3ccccc3)n2)cc1. The smallest absolute Gasteiger partial charge is 0.164 e. The molecule has 64 heavy (non-hydrogen) atoms. The van der Waals surface area contributed by atoms with Gasteiger partial charge in [-0.25, -0.2) is 15.0 Å². The van der Waals surface area contributed by atoms with Crippen LogP contribution >= 0.6 is 0 Å². The molecule has 0 fully saturated rings. The van der Waals surface area contributed by atoms with E-state index in [9.17, 15) is 0 Å².